The normalized spacial score (nSPS) is 20.8. The molecule has 19 nitrogen and oxygen atoms in total. The van der Waals surface area contributed by atoms with E-state index in [1.165, 1.54) is 51.3 Å². The Bertz CT molecular complexity index is 1310. The molecule has 2 fully saturated rings. The third kappa shape index (κ3) is 11.4. The minimum absolute atomic E-state index is 0.246. The molecule has 49 heavy (non-hydrogen) atoms. The molecule has 19 heteroatoms. The fourth-order valence-corrected chi connectivity index (χ4v) is 5.34. The molecule has 0 saturated carbocycles. The van der Waals surface area contributed by atoms with Gasteiger partial charge in [-0.2, -0.15) is 0 Å². The molecule has 10 N–H and O–H groups in total. The minimum atomic E-state index is -1.11. The van der Waals surface area contributed by atoms with Crippen LogP contribution in [0.2, 0.25) is 0 Å². The molecular formula is C30H50N10O9. The Morgan fingerprint density at radius 1 is 0.592 bits per heavy atom. The molecule has 0 unspecified atom stereocenters. The molecule has 0 aromatic carbocycles. The highest BCUT2D eigenvalue weighted by atomic mass is 16.2. The summed E-state index contributed by atoms with van der Waals surface area (Å²) in [6.07, 6.45) is 1.75. The lowest BCUT2D eigenvalue weighted by molar-refractivity contribution is -0.142. The summed E-state index contributed by atoms with van der Waals surface area (Å²) in [5.41, 5.74) is 10.7. The molecule has 2 aliphatic heterocycles. The van der Waals surface area contributed by atoms with Gasteiger partial charge >= 0.3 is 0 Å². The van der Waals surface area contributed by atoms with Gasteiger partial charge in [-0.1, -0.05) is 0 Å². The lowest BCUT2D eigenvalue weighted by Gasteiger charge is -2.29. The van der Waals surface area contributed by atoms with Gasteiger partial charge in [0.25, 0.3) is 0 Å². The van der Waals surface area contributed by atoms with Crippen molar-refractivity contribution < 1.29 is 43.2 Å². The van der Waals surface area contributed by atoms with Crippen molar-refractivity contribution in [3.05, 3.63) is 0 Å². The average Bonchev–Trinajstić information content (AvgIpc) is 3.73. The van der Waals surface area contributed by atoms with Crippen LogP contribution in [-0.2, 0) is 43.2 Å². The SMILES string of the molecule is C[C@H](N)C(=O)N[C@@H](C)C(=O)N1CCC[C@H]1C(=O)N[C@@H](C)C(=O)N[C@@H](C)C(=O)N[C@@H](C)C(=O)N1CCC[C@H]1C(=O)NCC(=O)N[C@@H](C)C(N)=O. The van der Waals surface area contributed by atoms with Gasteiger partial charge in [0.05, 0.1) is 12.6 Å². The molecule has 2 aliphatic rings. The molecule has 0 aliphatic carbocycles. The number of carbonyl (C=O) groups excluding carboxylic acids is 9. The van der Waals surface area contributed by atoms with E-state index in [0.717, 1.165) is 0 Å². The number of likely N-dealkylation sites (tertiary alicyclic amines) is 2. The van der Waals surface area contributed by atoms with Crippen molar-refractivity contribution >= 4 is 53.2 Å². The number of nitrogens with one attached hydrogen (secondary N) is 6. The smallest absolute Gasteiger partial charge is 0.245 e. The maximum absolute atomic E-state index is 13.2. The maximum Gasteiger partial charge on any atom is 0.245 e. The summed E-state index contributed by atoms with van der Waals surface area (Å²) in [6.45, 7) is 8.72. The second-order valence-corrected chi connectivity index (χ2v) is 12.5. The van der Waals surface area contributed by atoms with E-state index < -0.39 is 108 Å². The van der Waals surface area contributed by atoms with Crippen LogP contribution in [-0.4, -0.2) is 131 Å². The van der Waals surface area contributed by atoms with E-state index in [0.29, 0.717) is 32.2 Å². The first-order chi connectivity index (χ1) is 22.8. The first kappa shape index (κ1) is 40.4. The lowest BCUT2D eigenvalue weighted by atomic mass is 10.1. The number of hydrogen-bond donors (Lipinski definition) is 8. The van der Waals surface area contributed by atoms with Gasteiger partial charge in [0, 0.05) is 13.1 Å². The Labute approximate surface area is 284 Å². The van der Waals surface area contributed by atoms with E-state index in [9.17, 15) is 43.2 Å². The van der Waals surface area contributed by atoms with E-state index in [2.05, 4.69) is 31.9 Å². The number of rotatable bonds is 15. The van der Waals surface area contributed by atoms with Crippen LogP contribution in [0.25, 0.3) is 0 Å². The summed E-state index contributed by atoms with van der Waals surface area (Å²) in [4.78, 5) is 115. The molecular weight excluding hydrogens is 644 g/mol. The molecule has 0 bridgehead atoms. The molecule has 2 heterocycles. The third-order valence-electron chi connectivity index (χ3n) is 8.28. The summed E-state index contributed by atoms with van der Waals surface area (Å²) in [6, 6.07) is -7.65. The summed E-state index contributed by atoms with van der Waals surface area (Å²) >= 11 is 0. The predicted octanol–water partition coefficient (Wildman–Crippen LogP) is -4.56. The van der Waals surface area contributed by atoms with E-state index in [-0.39, 0.29) is 6.54 Å². The van der Waals surface area contributed by atoms with Gasteiger partial charge in [0.2, 0.25) is 53.2 Å². The van der Waals surface area contributed by atoms with E-state index in [1.807, 2.05) is 0 Å². The molecule has 0 radical (unpaired) electrons. The number of nitrogens with zero attached hydrogens (tertiary/aromatic N) is 2. The zero-order valence-electron chi connectivity index (χ0n) is 28.8. The monoisotopic (exact) mass is 694 g/mol. The highest BCUT2D eigenvalue weighted by Crippen LogP contribution is 2.20. The van der Waals surface area contributed by atoms with Crippen LogP contribution in [0.5, 0.6) is 0 Å². The molecule has 2 rings (SSSR count). The number of primary amides is 1. The van der Waals surface area contributed by atoms with Crippen molar-refractivity contribution in [2.45, 2.75) is 116 Å². The Hall–Kier alpha value is -4.81. The van der Waals surface area contributed by atoms with E-state index in [4.69, 9.17) is 11.5 Å². The van der Waals surface area contributed by atoms with Crippen LogP contribution in [0.4, 0.5) is 0 Å². The first-order valence-corrected chi connectivity index (χ1v) is 16.3. The molecule has 8 atom stereocenters. The highest BCUT2D eigenvalue weighted by molar-refractivity contribution is 5.97. The van der Waals surface area contributed by atoms with Crippen molar-refractivity contribution in [3.8, 4) is 0 Å². The van der Waals surface area contributed by atoms with E-state index in [1.54, 1.807) is 0 Å². The summed E-state index contributed by atoms with van der Waals surface area (Å²) in [5, 5.41) is 14.9. The number of hydrogen-bond acceptors (Lipinski definition) is 10. The molecule has 9 amide bonds. The average molecular weight is 695 g/mol. The van der Waals surface area contributed by atoms with Crippen LogP contribution < -0.4 is 43.4 Å². The second-order valence-electron chi connectivity index (χ2n) is 12.5. The number of carbonyl (C=O) groups is 9. The summed E-state index contributed by atoms with van der Waals surface area (Å²) in [7, 11) is 0. The Morgan fingerprint density at radius 2 is 1.02 bits per heavy atom. The zero-order valence-corrected chi connectivity index (χ0v) is 28.8. The van der Waals surface area contributed by atoms with Crippen LogP contribution in [0.1, 0.15) is 67.2 Å². The third-order valence-corrected chi connectivity index (χ3v) is 8.28. The van der Waals surface area contributed by atoms with Crippen molar-refractivity contribution in [2.75, 3.05) is 19.6 Å². The van der Waals surface area contributed by atoms with Crippen LogP contribution in [0, 0.1) is 0 Å². The van der Waals surface area contributed by atoms with Crippen molar-refractivity contribution in [2.24, 2.45) is 11.5 Å². The van der Waals surface area contributed by atoms with Gasteiger partial charge in [-0.3, -0.25) is 43.2 Å². The quantitative estimate of drug-likeness (QED) is 0.0812. The fraction of sp³-hybridized carbons (Fsp3) is 0.700. The van der Waals surface area contributed by atoms with Gasteiger partial charge in [0.1, 0.15) is 42.3 Å². The number of amides is 9. The number of nitrogens with two attached hydrogens (primary N) is 2. The van der Waals surface area contributed by atoms with Crippen LogP contribution in [0.15, 0.2) is 0 Å². The van der Waals surface area contributed by atoms with Crippen molar-refractivity contribution in [3.63, 3.8) is 0 Å². The second kappa shape index (κ2) is 18.1. The largest absolute Gasteiger partial charge is 0.368 e. The first-order valence-electron chi connectivity index (χ1n) is 16.3. The van der Waals surface area contributed by atoms with Crippen molar-refractivity contribution in [1.29, 1.82) is 0 Å². The predicted molar refractivity (Wildman–Crippen MR) is 173 cm³/mol. The van der Waals surface area contributed by atoms with Gasteiger partial charge in [-0.15, -0.1) is 0 Å². The standard InChI is InChI=1S/C30H50N10O9/c1-14(31)24(43)37-18(5)29(48)40-12-8-10-21(40)28(47)36-17(4)25(44)35-16(3)26(45)38-19(6)30(49)39-11-7-9-20(39)27(46)33-13-22(41)34-15(2)23(32)42/h14-21H,7-13,31H2,1-6H3,(H2,32,42)(H,33,46)(H,34,41)(H,35,44)(H,36,47)(H,37,43)(H,38,45)/t14-,15-,16-,17-,18-,19-,20-,21-/m0/s1. The summed E-state index contributed by atoms with van der Waals surface area (Å²) in [5.74, 6) is -5.40. The molecule has 0 spiro atoms. The maximum atomic E-state index is 13.2. The Balaban J connectivity index is 1.87. The van der Waals surface area contributed by atoms with Gasteiger partial charge in [-0.05, 0) is 67.2 Å². The van der Waals surface area contributed by atoms with Crippen molar-refractivity contribution in [1.82, 2.24) is 41.7 Å². The van der Waals surface area contributed by atoms with Gasteiger partial charge < -0.3 is 53.2 Å². The van der Waals surface area contributed by atoms with Crippen LogP contribution in [0.3, 0.4) is 0 Å². The Morgan fingerprint density at radius 3 is 1.49 bits per heavy atom. The molecule has 274 valence electrons. The summed E-state index contributed by atoms with van der Waals surface area (Å²) < 4.78 is 0. The zero-order chi connectivity index (χ0) is 37.2. The minimum Gasteiger partial charge on any atom is -0.368 e. The van der Waals surface area contributed by atoms with Gasteiger partial charge in [-0.25, -0.2) is 0 Å². The Kier molecular flexibility index (Phi) is 14.9. The van der Waals surface area contributed by atoms with Crippen LogP contribution >= 0.6 is 0 Å². The molecule has 0 aromatic rings. The van der Waals surface area contributed by atoms with Gasteiger partial charge in [0.15, 0.2) is 0 Å². The van der Waals surface area contributed by atoms with E-state index >= 15 is 0 Å². The fourth-order valence-electron chi connectivity index (χ4n) is 5.34. The topological polar surface area (TPSA) is 284 Å². The molecule has 2 saturated heterocycles. The highest BCUT2D eigenvalue weighted by Gasteiger charge is 2.39. The lowest BCUT2D eigenvalue weighted by Crippen LogP contribution is -2.58. The molecule has 0 aromatic heterocycles.